The first-order valence-electron chi connectivity index (χ1n) is 9.66. The van der Waals surface area contributed by atoms with Crippen molar-refractivity contribution >= 4 is 27.7 Å². The number of methoxy groups -OCH3 is 1. The Kier molecular flexibility index (Phi) is 6.52. The Morgan fingerprint density at radius 3 is 2.63 bits per heavy atom. The number of aromatic nitrogens is 1. The highest BCUT2D eigenvalue weighted by atomic mass is 32.2. The number of aryl methyl sites for hydroxylation is 2. The van der Waals surface area contributed by atoms with E-state index in [0.29, 0.717) is 30.8 Å². The number of sulfonamides is 1. The van der Waals surface area contributed by atoms with E-state index in [0.717, 1.165) is 5.69 Å². The van der Waals surface area contributed by atoms with Crippen LogP contribution in [0.15, 0.2) is 41.3 Å². The maximum absolute atomic E-state index is 13.2. The van der Waals surface area contributed by atoms with Crippen LogP contribution in [-0.4, -0.2) is 49.8 Å². The van der Waals surface area contributed by atoms with E-state index in [2.05, 4.69) is 15.0 Å². The number of anilines is 1. The molecule has 1 aliphatic rings. The van der Waals surface area contributed by atoms with Crippen LogP contribution in [0.25, 0.3) is 0 Å². The number of nitrogens with zero attached hydrogens (tertiary/aromatic N) is 2. The van der Waals surface area contributed by atoms with Gasteiger partial charge in [-0.3, -0.25) is 4.79 Å². The average molecular weight is 432 g/mol. The number of hydrogen-bond donors (Lipinski definition) is 1. The van der Waals surface area contributed by atoms with Gasteiger partial charge in [0, 0.05) is 18.8 Å². The zero-order valence-corrected chi connectivity index (χ0v) is 18.0. The molecule has 1 aromatic carbocycles. The van der Waals surface area contributed by atoms with Gasteiger partial charge >= 0.3 is 5.97 Å². The predicted molar refractivity (Wildman–Crippen MR) is 112 cm³/mol. The summed E-state index contributed by atoms with van der Waals surface area (Å²) in [7, 11) is -2.53. The number of nitrogens with one attached hydrogen (secondary N) is 1. The molecule has 0 aliphatic carbocycles. The van der Waals surface area contributed by atoms with Crippen LogP contribution in [0.4, 0.5) is 5.82 Å². The van der Waals surface area contributed by atoms with E-state index in [1.165, 1.54) is 29.6 Å². The molecule has 1 aromatic heterocycles. The van der Waals surface area contributed by atoms with E-state index >= 15 is 0 Å². The average Bonchev–Trinajstić information content (AvgIpc) is 2.73. The first-order chi connectivity index (χ1) is 14.2. The number of carbonyl (C=O) groups excluding carboxylic acids is 2. The number of benzene rings is 1. The molecule has 8 nitrogen and oxygen atoms in total. The number of amides is 1. The molecule has 2 aromatic rings. The Labute approximate surface area is 176 Å². The highest BCUT2D eigenvalue weighted by molar-refractivity contribution is 7.89. The molecule has 30 heavy (non-hydrogen) atoms. The zero-order valence-electron chi connectivity index (χ0n) is 17.2. The summed E-state index contributed by atoms with van der Waals surface area (Å²) in [6.45, 7) is 3.90. The molecule has 0 spiro atoms. The number of ether oxygens (including phenoxy) is 1. The van der Waals surface area contributed by atoms with Gasteiger partial charge in [-0.15, -0.1) is 0 Å². The van der Waals surface area contributed by atoms with Crippen LogP contribution < -0.4 is 5.32 Å². The van der Waals surface area contributed by atoms with Gasteiger partial charge in [0.15, 0.2) is 0 Å². The fourth-order valence-corrected chi connectivity index (χ4v) is 5.27. The van der Waals surface area contributed by atoms with Crippen molar-refractivity contribution in [3.63, 3.8) is 0 Å². The molecular weight excluding hydrogens is 406 g/mol. The minimum atomic E-state index is -3.80. The molecule has 1 aliphatic heterocycles. The quantitative estimate of drug-likeness (QED) is 0.730. The Bertz CT molecular complexity index is 1070. The van der Waals surface area contributed by atoms with Gasteiger partial charge in [0.25, 0.3) is 0 Å². The van der Waals surface area contributed by atoms with Crippen molar-refractivity contribution in [2.24, 2.45) is 5.92 Å². The molecule has 1 unspecified atom stereocenters. The largest absolute Gasteiger partial charge is 0.465 e. The highest BCUT2D eigenvalue weighted by Crippen LogP contribution is 2.27. The fraction of sp³-hybridized carbons (Fsp3) is 0.381. The third-order valence-electron chi connectivity index (χ3n) is 5.11. The van der Waals surface area contributed by atoms with E-state index in [9.17, 15) is 18.0 Å². The first kappa shape index (κ1) is 21.9. The van der Waals surface area contributed by atoms with Crippen molar-refractivity contribution in [2.45, 2.75) is 31.6 Å². The molecule has 160 valence electrons. The Hall–Kier alpha value is -2.78. The van der Waals surface area contributed by atoms with E-state index in [1.807, 2.05) is 13.0 Å². The van der Waals surface area contributed by atoms with Crippen LogP contribution in [0, 0.1) is 19.8 Å². The second-order valence-electron chi connectivity index (χ2n) is 7.33. The fourth-order valence-electron chi connectivity index (χ4n) is 3.54. The second-order valence-corrected chi connectivity index (χ2v) is 9.23. The first-order valence-corrected chi connectivity index (χ1v) is 11.1. The lowest BCUT2D eigenvalue weighted by Gasteiger charge is -2.31. The van der Waals surface area contributed by atoms with Crippen molar-refractivity contribution in [3.8, 4) is 0 Å². The molecule has 0 radical (unpaired) electrons. The second kappa shape index (κ2) is 8.93. The summed E-state index contributed by atoms with van der Waals surface area (Å²) in [5.74, 6) is -0.785. The molecule has 1 saturated heterocycles. The minimum absolute atomic E-state index is 0.0954. The third kappa shape index (κ3) is 4.68. The van der Waals surface area contributed by atoms with Gasteiger partial charge in [-0.25, -0.2) is 18.2 Å². The van der Waals surface area contributed by atoms with Crippen molar-refractivity contribution < 1.29 is 22.7 Å². The van der Waals surface area contributed by atoms with Gasteiger partial charge in [0.05, 0.1) is 23.5 Å². The molecule has 0 bridgehead atoms. The number of carbonyl (C=O) groups is 2. The normalized spacial score (nSPS) is 17.4. The van der Waals surface area contributed by atoms with Crippen LogP contribution >= 0.6 is 0 Å². The Morgan fingerprint density at radius 1 is 1.20 bits per heavy atom. The molecule has 1 atom stereocenters. The Morgan fingerprint density at radius 2 is 1.97 bits per heavy atom. The lowest BCUT2D eigenvalue weighted by atomic mass is 9.99. The van der Waals surface area contributed by atoms with Crippen LogP contribution in [0.5, 0.6) is 0 Å². The van der Waals surface area contributed by atoms with E-state index in [-0.39, 0.29) is 22.9 Å². The number of hydrogen-bond acceptors (Lipinski definition) is 6. The van der Waals surface area contributed by atoms with Crippen molar-refractivity contribution in [1.29, 1.82) is 0 Å². The molecule has 3 rings (SSSR count). The van der Waals surface area contributed by atoms with Gasteiger partial charge in [-0.2, -0.15) is 4.31 Å². The summed E-state index contributed by atoms with van der Waals surface area (Å²) in [5, 5.41) is 2.78. The van der Waals surface area contributed by atoms with Crippen LogP contribution in [-0.2, 0) is 19.6 Å². The summed E-state index contributed by atoms with van der Waals surface area (Å²) in [5.41, 5.74) is 1.52. The third-order valence-corrected chi connectivity index (χ3v) is 7.13. The summed E-state index contributed by atoms with van der Waals surface area (Å²) < 4.78 is 32.4. The van der Waals surface area contributed by atoms with Crippen LogP contribution in [0.2, 0.25) is 0 Å². The maximum Gasteiger partial charge on any atom is 0.337 e. The van der Waals surface area contributed by atoms with Crippen molar-refractivity contribution in [3.05, 3.63) is 53.2 Å². The number of rotatable bonds is 5. The standard InChI is InChI=1S/C21H25N3O5S/c1-14-12-16(21(26)29-3)9-10-18(14)30(27,28)24-11-5-7-17(13-24)20(25)23-19-8-4-6-15(2)22-19/h4,6,8-10,12,17H,5,7,11,13H2,1-3H3,(H,22,23,25). The Balaban J connectivity index is 1.77. The predicted octanol–water partition coefficient (Wildman–Crippen LogP) is 2.52. The SMILES string of the molecule is COC(=O)c1ccc(S(=O)(=O)N2CCCC(C(=O)Nc3cccc(C)n3)C2)c(C)c1. The topological polar surface area (TPSA) is 106 Å². The zero-order chi connectivity index (χ0) is 21.9. The molecule has 1 fully saturated rings. The van der Waals surface area contributed by atoms with Gasteiger partial charge in [-0.05, 0) is 62.6 Å². The van der Waals surface area contributed by atoms with Crippen LogP contribution in [0.1, 0.15) is 34.5 Å². The monoisotopic (exact) mass is 431 g/mol. The van der Waals surface area contributed by atoms with Crippen molar-refractivity contribution in [1.82, 2.24) is 9.29 Å². The summed E-state index contributed by atoms with van der Waals surface area (Å²) in [6, 6.07) is 9.68. The van der Waals surface area contributed by atoms with E-state index in [1.54, 1.807) is 19.1 Å². The molecule has 2 heterocycles. The summed E-state index contributed by atoms with van der Waals surface area (Å²) in [4.78, 5) is 28.8. The van der Waals surface area contributed by atoms with Gasteiger partial charge in [0.2, 0.25) is 15.9 Å². The minimum Gasteiger partial charge on any atom is -0.465 e. The number of piperidine rings is 1. The molecule has 9 heteroatoms. The summed E-state index contributed by atoms with van der Waals surface area (Å²) in [6.07, 6.45) is 1.18. The maximum atomic E-state index is 13.2. The molecule has 0 saturated carbocycles. The molecule has 1 N–H and O–H groups in total. The van der Waals surface area contributed by atoms with Gasteiger partial charge < -0.3 is 10.1 Å². The number of esters is 1. The lowest BCUT2D eigenvalue weighted by molar-refractivity contribution is -0.120. The number of pyridine rings is 1. The van der Waals surface area contributed by atoms with Crippen LogP contribution in [0.3, 0.4) is 0 Å². The van der Waals surface area contributed by atoms with E-state index in [4.69, 9.17) is 0 Å². The van der Waals surface area contributed by atoms with Gasteiger partial charge in [0.1, 0.15) is 5.82 Å². The highest BCUT2D eigenvalue weighted by Gasteiger charge is 2.34. The van der Waals surface area contributed by atoms with E-state index < -0.39 is 21.9 Å². The molecule has 1 amide bonds. The summed E-state index contributed by atoms with van der Waals surface area (Å²) >= 11 is 0. The van der Waals surface area contributed by atoms with Crippen molar-refractivity contribution in [2.75, 3.05) is 25.5 Å². The smallest absolute Gasteiger partial charge is 0.337 e. The van der Waals surface area contributed by atoms with Gasteiger partial charge in [-0.1, -0.05) is 6.07 Å². The lowest BCUT2D eigenvalue weighted by Crippen LogP contribution is -2.43. The molecular formula is C21H25N3O5S.